The lowest BCUT2D eigenvalue weighted by molar-refractivity contribution is -0.114. The van der Waals surface area contributed by atoms with Gasteiger partial charge in [-0.2, -0.15) is 0 Å². The minimum atomic E-state index is -0.552. The van der Waals surface area contributed by atoms with Crippen molar-refractivity contribution in [2.24, 2.45) is 11.8 Å². The second kappa shape index (κ2) is 9.21. The Morgan fingerprint density at radius 3 is 1.69 bits per heavy atom. The van der Waals surface area contributed by atoms with Crippen LogP contribution in [0.1, 0.15) is 59.9 Å². The molecule has 0 atom stereocenters. The van der Waals surface area contributed by atoms with Crippen LogP contribution in [0.2, 0.25) is 0 Å². The van der Waals surface area contributed by atoms with Crippen molar-refractivity contribution in [3.05, 3.63) is 58.4 Å². The van der Waals surface area contributed by atoms with Gasteiger partial charge in [0.05, 0.1) is 6.61 Å². The first-order valence-electron chi connectivity index (χ1n) is 10.1. The fourth-order valence-corrected chi connectivity index (χ4v) is 4.08. The van der Waals surface area contributed by atoms with Crippen LogP contribution in [0.25, 0.3) is 0 Å². The van der Waals surface area contributed by atoms with Gasteiger partial charge >= 0.3 is 6.09 Å². The van der Waals surface area contributed by atoms with Gasteiger partial charge in [0.2, 0.25) is 0 Å². The summed E-state index contributed by atoms with van der Waals surface area (Å²) in [6.07, 6.45) is -0.552. The third-order valence-corrected chi connectivity index (χ3v) is 5.05. The molecule has 29 heavy (non-hydrogen) atoms. The molecule has 1 aromatic carbocycles. The highest BCUT2D eigenvalue weighted by atomic mass is 16.6. The average Bonchev–Trinajstić information content (AvgIpc) is 2.65. The molecule has 5 heteroatoms. The number of carbonyl (C=O) groups is 3. The number of Topliss-reactive ketones (excluding diaryl/α,β-unsaturated/α-hetero) is 2. The molecule has 1 heterocycles. The maximum absolute atomic E-state index is 13.0. The number of allylic oxidation sites excluding steroid dienone is 4. The fraction of sp³-hybridized carbons (Fsp3) is 0.458. The van der Waals surface area contributed by atoms with E-state index in [0.717, 1.165) is 5.56 Å². The summed E-state index contributed by atoms with van der Waals surface area (Å²) >= 11 is 0. The minimum absolute atomic E-state index is 0.119. The standard InChI is InChI=1S/C24H31NO4/c1-8-29-24(28)25-22(14(2)3)19(16(6)26)21(18-12-10-9-11-13-18)20(17(7)27)23(25)15(4)5/h9-15,21H,8H2,1-7H3. The van der Waals surface area contributed by atoms with Gasteiger partial charge in [0.15, 0.2) is 11.6 Å². The van der Waals surface area contributed by atoms with Gasteiger partial charge < -0.3 is 4.74 Å². The van der Waals surface area contributed by atoms with Crippen molar-refractivity contribution >= 4 is 17.7 Å². The van der Waals surface area contributed by atoms with E-state index in [2.05, 4.69) is 0 Å². The van der Waals surface area contributed by atoms with Gasteiger partial charge in [-0.1, -0.05) is 58.0 Å². The van der Waals surface area contributed by atoms with Crippen LogP contribution in [0.15, 0.2) is 52.9 Å². The molecular formula is C24H31NO4. The van der Waals surface area contributed by atoms with Crippen LogP contribution in [0, 0.1) is 11.8 Å². The minimum Gasteiger partial charge on any atom is -0.449 e. The summed E-state index contributed by atoms with van der Waals surface area (Å²) in [6, 6.07) is 9.54. The van der Waals surface area contributed by atoms with Crippen LogP contribution in [-0.4, -0.2) is 29.2 Å². The Balaban J connectivity index is 2.99. The normalized spacial score (nSPS) is 15.4. The summed E-state index contributed by atoms with van der Waals surface area (Å²) in [7, 11) is 0. The summed E-state index contributed by atoms with van der Waals surface area (Å²) in [5, 5.41) is 0. The summed E-state index contributed by atoms with van der Waals surface area (Å²) < 4.78 is 5.34. The first kappa shape index (κ1) is 22.6. The maximum Gasteiger partial charge on any atom is 0.418 e. The van der Waals surface area contributed by atoms with Crippen LogP contribution in [-0.2, 0) is 14.3 Å². The van der Waals surface area contributed by atoms with Crippen LogP contribution in [0.3, 0.4) is 0 Å². The Bertz CT molecular complexity index is 818. The third-order valence-electron chi connectivity index (χ3n) is 5.05. The van der Waals surface area contributed by atoms with E-state index >= 15 is 0 Å². The molecule has 5 nitrogen and oxygen atoms in total. The van der Waals surface area contributed by atoms with Crippen molar-refractivity contribution < 1.29 is 19.1 Å². The lowest BCUT2D eigenvalue weighted by Gasteiger charge is -2.41. The third kappa shape index (κ3) is 4.34. The van der Waals surface area contributed by atoms with Crippen molar-refractivity contribution in [3.63, 3.8) is 0 Å². The smallest absolute Gasteiger partial charge is 0.418 e. The molecule has 0 radical (unpaired) electrons. The molecule has 0 aliphatic carbocycles. The highest BCUT2D eigenvalue weighted by Crippen LogP contribution is 2.46. The number of nitrogens with zero attached hydrogens (tertiary/aromatic N) is 1. The van der Waals surface area contributed by atoms with Gasteiger partial charge in [-0.25, -0.2) is 4.79 Å². The number of amides is 1. The maximum atomic E-state index is 13.0. The van der Waals surface area contributed by atoms with E-state index < -0.39 is 12.0 Å². The highest BCUT2D eigenvalue weighted by molar-refractivity contribution is 6.05. The molecule has 0 bridgehead atoms. The molecule has 0 N–H and O–H groups in total. The Kier molecular flexibility index (Phi) is 7.17. The van der Waals surface area contributed by atoms with E-state index in [0.29, 0.717) is 22.5 Å². The molecule has 0 saturated heterocycles. The number of rotatable bonds is 6. The van der Waals surface area contributed by atoms with Crippen LogP contribution >= 0.6 is 0 Å². The van der Waals surface area contributed by atoms with E-state index in [1.54, 1.807) is 6.92 Å². The van der Waals surface area contributed by atoms with E-state index in [9.17, 15) is 14.4 Å². The second-order valence-electron chi connectivity index (χ2n) is 7.90. The van der Waals surface area contributed by atoms with Gasteiger partial charge in [0, 0.05) is 28.5 Å². The van der Waals surface area contributed by atoms with E-state index in [1.165, 1.54) is 18.7 Å². The SMILES string of the molecule is CCOC(=O)N1C(C(C)C)=C(C(C)=O)C(c2ccccc2)C(C(C)=O)=C1C(C)C. The fourth-order valence-electron chi connectivity index (χ4n) is 4.08. The van der Waals surface area contributed by atoms with Gasteiger partial charge in [-0.3, -0.25) is 14.5 Å². The zero-order valence-corrected chi connectivity index (χ0v) is 18.4. The molecule has 0 unspecified atom stereocenters. The molecule has 156 valence electrons. The Morgan fingerprint density at radius 2 is 1.34 bits per heavy atom. The molecule has 0 aromatic heterocycles. The number of hydrogen-bond acceptors (Lipinski definition) is 4. The Labute approximate surface area is 173 Å². The molecule has 0 fully saturated rings. The van der Waals surface area contributed by atoms with Gasteiger partial charge in [0.1, 0.15) is 0 Å². The van der Waals surface area contributed by atoms with Crippen molar-refractivity contribution in [2.45, 2.75) is 54.4 Å². The van der Waals surface area contributed by atoms with E-state index in [-0.39, 0.29) is 30.0 Å². The average molecular weight is 398 g/mol. The van der Waals surface area contributed by atoms with Crippen LogP contribution < -0.4 is 0 Å². The number of hydrogen-bond donors (Lipinski definition) is 0. The highest BCUT2D eigenvalue weighted by Gasteiger charge is 2.43. The molecule has 0 saturated carbocycles. The van der Waals surface area contributed by atoms with E-state index in [1.807, 2.05) is 58.0 Å². The zero-order chi connectivity index (χ0) is 21.9. The monoisotopic (exact) mass is 397 g/mol. The zero-order valence-electron chi connectivity index (χ0n) is 18.4. The van der Waals surface area contributed by atoms with Crippen molar-refractivity contribution in [1.29, 1.82) is 0 Å². The molecule has 1 aliphatic heterocycles. The number of ketones is 2. The number of carbonyl (C=O) groups excluding carboxylic acids is 3. The van der Waals surface area contributed by atoms with Gasteiger partial charge in [0.25, 0.3) is 0 Å². The molecular weight excluding hydrogens is 366 g/mol. The Hall–Kier alpha value is -2.69. The predicted octanol–water partition coefficient (Wildman–Crippen LogP) is 5.24. The number of ether oxygens (including phenoxy) is 1. The van der Waals surface area contributed by atoms with Crippen molar-refractivity contribution in [3.8, 4) is 0 Å². The molecule has 1 aliphatic rings. The number of benzene rings is 1. The summed E-state index contributed by atoms with van der Waals surface area (Å²) in [5.74, 6) is -1.05. The lowest BCUT2D eigenvalue weighted by atomic mass is 9.74. The summed E-state index contributed by atoms with van der Waals surface area (Å²) in [6.45, 7) is 12.7. The quantitative estimate of drug-likeness (QED) is 0.658. The summed E-state index contributed by atoms with van der Waals surface area (Å²) in [4.78, 5) is 40.3. The summed E-state index contributed by atoms with van der Waals surface area (Å²) in [5.41, 5.74) is 3.04. The second-order valence-corrected chi connectivity index (χ2v) is 7.90. The van der Waals surface area contributed by atoms with E-state index in [4.69, 9.17) is 4.74 Å². The van der Waals surface area contributed by atoms with Gasteiger partial charge in [-0.05, 0) is 38.2 Å². The molecule has 1 amide bonds. The lowest BCUT2D eigenvalue weighted by Crippen LogP contribution is -2.42. The molecule has 1 aromatic rings. The first-order chi connectivity index (χ1) is 13.6. The van der Waals surface area contributed by atoms with Crippen molar-refractivity contribution in [1.82, 2.24) is 4.90 Å². The molecule has 2 rings (SSSR count). The topological polar surface area (TPSA) is 63.7 Å². The first-order valence-corrected chi connectivity index (χ1v) is 10.1. The Morgan fingerprint density at radius 1 is 0.897 bits per heavy atom. The van der Waals surface area contributed by atoms with Crippen LogP contribution in [0.5, 0.6) is 0 Å². The van der Waals surface area contributed by atoms with Gasteiger partial charge in [-0.15, -0.1) is 0 Å². The largest absolute Gasteiger partial charge is 0.449 e. The predicted molar refractivity (Wildman–Crippen MR) is 113 cm³/mol. The van der Waals surface area contributed by atoms with Crippen LogP contribution in [0.4, 0.5) is 4.79 Å². The van der Waals surface area contributed by atoms with Crippen molar-refractivity contribution in [2.75, 3.05) is 6.61 Å². The molecule has 0 spiro atoms.